The number of piperidine rings is 2. The highest BCUT2D eigenvalue weighted by Crippen LogP contribution is 2.29. The highest BCUT2D eigenvalue weighted by Gasteiger charge is 2.29. The lowest BCUT2D eigenvalue weighted by atomic mass is 9.85. The van der Waals surface area contributed by atoms with Crippen molar-refractivity contribution >= 4 is 0 Å². The maximum atomic E-state index is 2.72. The van der Waals surface area contributed by atoms with Crippen LogP contribution in [-0.4, -0.2) is 24.0 Å². The van der Waals surface area contributed by atoms with Crippen LogP contribution in [-0.2, 0) is 0 Å². The summed E-state index contributed by atoms with van der Waals surface area (Å²) in [5.41, 5.74) is 0. The monoisotopic (exact) mass is 169 g/mol. The summed E-state index contributed by atoms with van der Waals surface area (Å²) in [5.74, 6) is 0.976. The molecule has 2 fully saturated rings. The van der Waals surface area contributed by atoms with Gasteiger partial charge in [-0.2, -0.15) is 0 Å². The third-order valence-electron chi connectivity index (χ3n) is 3.43. The van der Waals surface area contributed by atoms with Crippen LogP contribution in [0.25, 0.3) is 0 Å². The molecule has 0 N–H and O–H groups in total. The molecule has 0 radical (unpaired) electrons. The van der Waals surface area contributed by atoms with Crippen LogP contribution in [0.15, 0.2) is 0 Å². The Bertz CT molecular complexity index is 131. The van der Waals surface area contributed by atoms with E-state index in [1.54, 1.807) is 0 Å². The van der Waals surface area contributed by atoms with Crippen molar-refractivity contribution in [2.24, 2.45) is 5.92 Å². The Balaban J connectivity index is 0.000000720. The van der Waals surface area contributed by atoms with Crippen molar-refractivity contribution in [1.82, 2.24) is 4.90 Å². The molecule has 12 heavy (non-hydrogen) atoms. The summed E-state index contributed by atoms with van der Waals surface area (Å²) in [5, 5.41) is 0. The molecular weight excluding hydrogens is 146 g/mol. The van der Waals surface area contributed by atoms with Gasteiger partial charge < -0.3 is 4.90 Å². The number of hydrogen-bond acceptors (Lipinski definition) is 1. The van der Waals surface area contributed by atoms with Crippen molar-refractivity contribution in [3.8, 4) is 0 Å². The first kappa shape index (κ1) is 10.0. The molecule has 2 unspecified atom stereocenters. The fourth-order valence-corrected chi connectivity index (χ4v) is 2.75. The predicted octanol–water partition coefficient (Wildman–Crippen LogP) is 2.91. The van der Waals surface area contributed by atoms with E-state index in [-0.39, 0.29) is 7.43 Å². The smallest absolute Gasteiger partial charge is 0.0121 e. The van der Waals surface area contributed by atoms with Crippen LogP contribution >= 0.6 is 0 Å². The van der Waals surface area contributed by atoms with Gasteiger partial charge in [0.2, 0.25) is 0 Å². The highest BCUT2D eigenvalue weighted by atomic mass is 15.2. The van der Waals surface area contributed by atoms with Crippen molar-refractivity contribution < 1.29 is 0 Å². The summed E-state index contributed by atoms with van der Waals surface area (Å²) in [6.45, 7) is 5.20. The van der Waals surface area contributed by atoms with Gasteiger partial charge in [0.05, 0.1) is 0 Å². The van der Waals surface area contributed by atoms with E-state index in [2.05, 4.69) is 11.8 Å². The molecule has 0 bridgehead atoms. The van der Waals surface area contributed by atoms with E-state index in [9.17, 15) is 0 Å². The van der Waals surface area contributed by atoms with Gasteiger partial charge in [0.25, 0.3) is 0 Å². The third-order valence-corrected chi connectivity index (χ3v) is 3.43. The van der Waals surface area contributed by atoms with Gasteiger partial charge >= 0.3 is 0 Å². The Kier molecular flexibility index (Phi) is 3.57. The normalized spacial score (nSPS) is 36.8. The van der Waals surface area contributed by atoms with Crippen molar-refractivity contribution in [2.45, 2.75) is 52.5 Å². The molecule has 2 saturated heterocycles. The maximum Gasteiger partial charge on any atom is 0.0121 e. The number of fused-ring (bicyclic) bond motifs is 1. The predicted molar refractivity (Wildman–Crippen MR) is 54.3 cm³/mol. The fourth-order valence-electron chi connectivity index (χ4n) is 2.75. The number of nitrogens with zero attached hydrogens (tertiary/aromatic N) is 1. The third kappa shape index (κ3) is 1.82. The zero-order chi connectivity index (χ0) is 7.68. The van der Waals surface area contributed by atoms with E-state index in [0.29, 0.717) is 0 Å². The second-order valence-corrected chi connectivity index (χ2v) is 4.22. The summed E-state index contributed by atoms with van der Waals surface area (Å²) in [7, 11) is 0. The topological polar surface area (TPSA) is 3.24 Å². The molecule has 0 amide bonds. The minimum absolute atomic E-state index is 0. The quantitative estimate of drug-likeness (QED) is 0.539. The fraction of sp³-hybridized carbons (Fsp3) is 1.00. The minimum Gasteiger partial charge on any atom is -0.300 e. The summed E-state index contributed by atoms with van der Waals surface area (Å²) in [4.78, 5) is 2.72. The van der Waals surface area contributed by atoms with Crippen LogP contribution in [0, 0.1) is 5.92 Å². The zero-order valence-electron chi connectivity index (χ0n) is 7.55. The SMILES string of the molecule is C.CC1CCCN2CCCCC12. The van der Waals surface area contributed by atoms with Crippen LogP contribution in [0.2, 0.25) is 0 Å². The highest BCUT2D eigenvalue weighted by molar-refractivity contribution is 4.84. The van der Waals surface area contributed by atoms with E-state index >= 15 is 0 Å². The molecule has 2 atom stereocenters. The van der Waals surface area contributed by atoms with E-state index in [1.165, 1.54) is 45.2 Å². The largest absolute Gasteiger partial charge is 0.300 e. The molecule has 0 spiro atoms. The van der Waals surface area contributed by atoms with E-state index in [0.717, 1.165) is 12.0 Å². The molecule has 72 valence electrons. The molecule has 2 aliphatic rings. The van der Waals surface area contributed by atoms with Crippen LogP contribution in [0.3, 0.4) is 0 Å². The molecule has 0 aromatic rings. The lowest BCUT2D eigenvalue weighted by Crippen LogP contribution is -2.46. The molecule has 2 aliphatic heterocycles. The van der Waals surface area contributed by atoms with E-state index in [1.807, 2.05) is 0 Å². The summed E-state index contributed by atoms with van der Waals surface area (Å²) in [6, 6.07) is 0.956. The van der Waals surface area contributed by atoms with Crippen molar-refractivity contribution in [3.63, 3.8) is 0 Å². The molecule has 2 heterocycles. The Morgan fingerprint density at radius 3 is 2.50 bits per heavy atom. The zero-order valence-corrected chi connectivity index (χ0v) is 7.55. The first-order valence-electron chi connectivity index (χ1n) is 5.12. The number of hydrogen-bond donors (Lipinski definition) is 0. The average molecular weight is 169 g/mol. The van der Waals surface area contributed by atoms with Gasteiger partial charge in [0.1, 0.15) is 0 Å². The summed E-state index contributed by atoms with van der Waals surface area (Å²) >= 11 is 0. The lowest BCUT2D eigenvalue weighted by Gasteiger charge is -2.43. The van der Waals surface area contributed by atoms with Crippen LogP contribution in [0.1, 0.15) is 46.5 Å². The molecular formula is C11H23N. The average Bonchev–Trinajstić information content (AvgIpc) is 2.06. The van der Waals surface area contributed by atoms with Gasteiger partial charge in [-0.05, 0) is 44.7 Å². The molecule has 1 heteroatoms. The molecule has 0 saturated carbocycles. The van der Waals surface area contributed by atoms with Gasteiger partial charge in [-0.25, -0.2) is 0 Å². The van der Waals surface area contributed by atoms with Crippen LogP contribution < -0.4 is 0 Å². The van der Waals surface area contributed by atoms with Crippen molar-refractivity contribution in [2.75, 3.05) is 13.1 Å². The lowest BCUT2D eigenvalue weighted by molar-refractivity contribution is 0.0674. The molecule has 0 aromatic heterocycles. The summed E-state index contributed by atoms with van der Waals surface area (Å²) in [6.07, 6.45) is 7.31. The summed E-state index contributed by atoms with van der Waals surface area (Å²) < 4.78 is 0. The Labute approximate surface area is 77.1 Å². The second kappa shape index (κ2) is 4.27. The second-order valence-electron chi connectivity index (χ2n) is 4.22. The van der Waals surface area contributed by atoms with Crippen molar-refractivity contribution in [1.29, 1.82) is 0 Å². The van der Waals surface area contributed by atoms with E-state index < -0.39 is 0 Å². The van der Waals surface area contributed by atoms with Gasteiger partial charge in [-0.3, -0.25) is 0 Å². The van der Waals surface area contributed by atoms with Gasteiger partial charge in [-0.15, -0.1) is 0 Å². The standard InChI is InChI=1S/C10H19N.CH4/c1-9-5-4-8-11-7-3-2-6-10(9)11;/h9-10H,2-8H2,1H3;1H4. The van der Waals surface area contributed by atoms with E-state index in [4.69, 9.17) is 0 Å². The van der Waals surface area contributed by atoms with Gasteiger partial charge in [0, 0.05) is 6.04 Å². The van der Waals surface area contributed by atoms with Crippen LogP contribution in [0.4, 0.5) is 0 Å². The number of rotatable bonds is 0. The molecule has 0 aromatic carbocycles. The van der Waals surface area contributed by atoms with Gasteiger partial charge in [0.15, 0.2) is 0 Å². The van der Waals surface area contributed by atoms with Crippen LogP contribution in [0.5, 0.6) is 0 Å². The molecule has 0 aliphatic carbocycles. The first-order valence-corrected chi connectivity index (χ1v) is 5.12. The van der Waals surface area contributed by atoms with Gasteiger partial charge in [-0.1, -0.05) is 20.8 Å². The minimum atomic E-state index is 0. The Morgan fingerprint density at radius 2 is 1.75 bits per heavy atom. The Hall–Kier alpha value is -0.0400. The first-order chi connectivity index (χ1) is 5.38. The van der Waals surface area contributed by atoms with Crippen molar-refractivity contribution in [3.05, 3.63) is 0 Å². The Morgan fingerprint density at radius 1 is 1.00 bits per heavy atom. The maximum absolute atomic E-state index is 2.72. The molecule has 2 rings (SSSR count). The molecule has 1 nitrogen and oxygen atoms in total.